The van der Waals surface area contributed by atoms with E-state index in [-0.39, 0.29) is 11.6 Å². The highest BCUT2D eigenvalue weighted by atomic mass is 16.6. The fourth-order valence-electron chi connectivity index (χ4n) is 0.937. The molecule has 0 bridgehead atoms. The van der Waals surface area contributed by atoms with Crippen molar-refractivity contribution in [1.29, 1.82) is 0 Å². The Kier molecular flexibility index (Phi) is 10.8. The summed E-state index contributed by atoms with van der Waals surface area (Å²) < 4.78 is 4.64. The lowest BCUT2D eigenvalue weighted by molar-refractivity contribution is 0.159. The molecule has 1 rings (SSSR count). The summed E-state index contributed by atoms with van der Waals surface area (Å²) in [6.07, 6.45) is -0.174. The fraction of sp³-hybridized carbons (Fsp3) is 0.900. The third kappa shape index (κ3) is 7.16. The van der Waals surface area contributed by atoms with Crippen LogP contribution in [0.15, 0.2) is 0 Å². The number of hydrogen-bond donors (Lipinski definition) is 0. The van der Waals surface area contributed by atoms with Gasteiger partial charge in [0.25, 0.3) is 0 Å². The molecule has 1 aliphatic heterocycles. The number of nitrogens with zero attached hydrogens (tertiary/aromatic N) is 2. The zero-order valence-corrected chi connectivity index (χ0v) is 10.2. The molecule has 0 spiro atoms. The van der Waals surface area contributed by atoms with Crippen LogP contribution < -0.4 is 0 Å². The number of carbonyl (C=O) groups excluding carboxylic acids is 1. The summed E-state index contributed by atoms with van der Waals surface area (Å²) in [6.45, 7) is 10.7. The van der Waals surface area contributed by atoms with E-state index in [9.17, 15) is 4.79 Å². The first-order chi connectivity index (χ1) is 6.65. The number of hydrogen-bond acceptors (Lipinski definition) is 3. The first-order valence-electron chi connectivity index (χ1n) is 5.25. The number of likely N-dealkylation sites (N-methyl/N-ethyl adjacent to an activating group) is 1. The standard InChI is InChI=1S/C5H9NO2.C5H13N.H2O/c1-2-6-3-4-8-5(6)7;1-4-6(3)5-2;/h2-4H2,1H3;4-5H2,1-3H3;1H2. The van der Waals surface area contributed by atoms with Crippen molar-refractivity contribution < 1.29 is 15.0 Å². The first kappa shape index (κ1) is 16.6. The van der Waals surface area contributed by atoms with Gasteiger partial charge in [-0.3, -0.25) is 0 Å². The van der Waals surface area contributed by atoms with Crippen LogP contribution in [0.3, 0.4) is 0 Å². The molecule has 5 heteroatoms. The van der Waals surface area contributed by atoms with Crippen molar-refractivity contribution in [3.05, 3.63) is 0 Å². The molecule has 1 amide bonds. The molecule has 0 aromatic carbocycles. The van der Waals surface area contributed by atoms with Gasteiger partial charge in [0.15, 0.2) is 0 Å². The molecular formula is C10H24N2O3. The van der Waals surface area contributed by atoms with E-state index < -0.39 is 0 Å². The van der Waals surface area contributed by atoms with Gasteiger partial charge in [0.05, 0.1) is 6.54 Å². The van der Waals surface area contributed by atoms with Gasteiger partial charge in [-0.1, -0.05) is 13.8 Å². The SMILES string of the molecule is CCN(C)CC.CCN1CCOC1=O.O. The molecule has 15 heavy (non-hydrogen) atoms. The van der Waals surface area contributed by atoms with E-state index in [1.807, 2.05) is 6.92 Å². The molecule has 0 aromatic rings. The van der Waals surface area contributed by atoms with Crippen LogP contribution in [0.25, 0.3) is 0 Å². The Bertz CT molecular complexity index is 161. The van der Waals surface area contributed by atoms with Gasteiger partial charge in [0, 0.05) is 6.54 Å². The van der Waals surface area contributed by atoms with Gasteiger partial charge >= 0.3 is 6.09 Å². The molecule has 0 aliphatic carbocycles. The molecule has 0 radical (unpaired) electrons. The van der Waals surface area contributed by atoms with Crippen LogP contribution in [-0.2, 0) is 4.74 Å². The smallest absolute Gasteiger partial charge is 0.409 e. The number of cyclic esters (lactones) is 1. The van der Waals surface area contributed by atoms with E-state index in [1.165, 1.54) is 0 Å². The van der Waals surface area contributed by atoms with Crippen molar-refractivity contribution >= 4 is 6.09 Å². The van der Waals surface area contributed by atoms with Gasteiger partial charge < -0.3 is 20.0 Å². The number of ether oxygens (including phenoxy) is 1. The summed E-state index contributed by atoms with van der Waals surface area (Å²) in [5.74, 6) is 0. The molecule has 0 unspecified atom stereocenters. The van der Waals surface area contributed by atoms with E-state index in [1.54, 1.807) is 4.90 Å². The van der Waals surface area contributed by atoms with Gasteiger partial charge in [-0.15, -0.1) is 0 Å². The van der Waals surface area contributed by atoms with Crippen LogP contribution in [0, 0.1) is 0 Å². The van der Waals surface area contributed by atoms with Crippen LogP contribution in [-0.4, -0.2) is 61.2 Å². The second kappa shape index (κ2) is 9.73. The Balaban J connectivity index is 0. The van der Waals surface area contributed by atoms with Gasteiger partial charge in [-0.05, 0) is 27.1 Å². The van der Waals surface area contributed by atoms with E-state index in [0.717, 1.165) is 26.2 Å². The Labute approximate surface area is 92.3 Å². The topological polar surface area (TPSA) is 64.3 Å². The van der Waals surface area contributed by atoms with E-state index in [0.29, 0.717) is 6.61 Å². The van der Waals surface area contributed by atoms with Crippen LogP contribution in [0.5, 0.6) is 0 Å². The van der Waals surface area contributed by atoms with Crippen molar-refractivity contribution in [3.63, 3.8) is 0 Å². The highest BCUT2D eigenvalue weighted by Gasteiger charge is 2.18. The van der Waals surface area contributed by atoms with Crippen molar-refractivity contribution in [1.82, 2.24) is 9.80 Å². The van der Waals surface area contributed by atoms with Crippen LogP contribution in [0.4, 0.5) is 4.79 Å². The summed E-state index contributed by atoms with van der Waals surface area (Å²) in [5, 5.41) is 0. The van der Waals surface area contributed by atoms with Crippen molar-refractivity contribution in [3.8, 4) is 0 Å². The van der Waals surface area contributed by atoms with Crippen molar-refractivity contribution in [2.75, 3.05) is 39.8 Å². The molecule has 2 N–H and O–H groups in total. The monoisotopic (exact) mass is 220 g/mol. The number of amides is 1. The second-order valence-electron chi connectivity index (χ2n) is 3.18. The predicted octanol–water partition coefficient (Wildman–Crippen LogP) is 0.592. The Morgan fingerprint density at radius 2 is 1.87 bits per heavy atom. The molecule has 1 saturated heterocycles. The summed E-state index contributed by atoms with van der Waals surface area (Å²) >= 11 is 0. The molecule has 0 aromatic heterocycles. The zero-order chi connectivity index (χ0) is 11.0. The van der Waals surface area contributed by atoms with E-state index in [2.05, 4.69) is 30.5 Å². The normalized spacial score (nSPS) is 14.2. The van der Waals surface area contributed by atoms with Crippen LogP contribution in [0.2, 0.25) is 0 Å². The van der Waals surface area contributed by atoms with Gasteiger partial charge in [-0.25, -0.2) is 4.79 Å². The Morgan fingerprint density at radius 1 is 1.33 bits per heavy atom. The van der Waals surface area contributed by atoms with Crippen molar-refractivity contribution in [2.45, 2.75) is 20.8 Å². The second-order valence-corrected chi connectivity index (χ2v) is 3.18. The molecule has 5 nitrogen and oxygen atoms in total. The van der Waals surface area contributed by atoms with Crippen LogP contribution in [0.1, 0.15) is 20.8 Å². The van der Waals surface area contributed by atoms with Gasteiger partial charge in [0.1, 0.15) is 6.61 Å². The van der Waals surface area contributed by atoms with Gasteiger partial charge in [0.2, 0.25) is 0 Å². The fourth-order valence-corrected chi connectivity index (χ4v) is 0.937. The molecule has 1 aliphatic rings. The lowest BCUT2D eigenvalue weighted by Crippen LogP contribution is -2.23. The number of carbonyl (C=O) groups is 1. The summed E-state index contributed by atoms with van der Waals surface area (Å²) in [6, 6.07) is 0. The van der Waals surface area contributed by atoms with E-state index >= 15 is 0 Å². The molecule has 1 heterocycles. The van der Waals surface area contributed by atoms with Gasteiger partial charge in [-0.2, -0.15) is 0 Å². The summed E-state index contributed by atoms with van der Waals surface area (Å²) in [4.78, 5) is 14.4. The molecular weight excluding hydrogens is 196 g/mol. The molecule has 0 atom stereocenters. The predicted molar refractivity (Wildman–Crippen MR) is 61.1 cm³/mol. The third-order valence-electron chi connectivity index (χ3n) is 2.31. The molecule has 1 fully saturated rings. The maximum Gasteiger partial charge on any atom is 0.409 e. The zero-order valence-electron chi connectivity index (χ0n) is 10.2. The third-order valence-corrected chi connectivity index (χ3v) is 2.31. The minimum Gasteiger partial charge on any atom is -0.448 e. The Morgan fingerprint density at radius 3 is 2.00 bits per heavy atom. The quantitative estimate of drug-likeness (QED) is 0.699. The number of rotatable bonds is 3. The lowest BCUT2D eigenvalue weighted by Gasteiger charge is -2.07. The highest BCUT2D eigenvalue weighted by Crippen LogP contribution is 2.00. The maximum absolute atomic E-state index is 10.5. The Hall–Kier alpha value is -0.810. The highest BCUT2D eigenvalue weighted by molar-refractivity contribution is 5.69. The minimum absolute atomic E-state index is 0. The molecule has 92 valence electrons. The maximum atomic E-state index is 10.5. The largest absolute Gasteiger partial charge is 0.448 e. The van der Waals surface area contributed by atoms with Crippen LogP contribution >= 0.6 is 0 Å². The minimum atomic E-state index is -0.174. The first-order valence-corrected chi connectivity index (χ1v) is 5.25. The molecule has 0 saturated carbocycles. The lowest BCUT2D eigenvalue weighted by atomic mass is 10.6. The summed E-state index contributed by atoms with van der Waals surface area (Å²) in [5.41, 5.74) is 0. The van der Waals surface area contributed by atoms with Crippen molar-refractivity contribution in [2.24, 2.45) is 0 Å². The average Bonchev–Trinajstić information content (AvgIpc) is 2.63. The summed E-state index contributed by atoms with van der Waals surface area (Å²) in [7, 11) is 2.11. The van der Waals surface area contributed by atoms with E-state index in [4.69, 9.17) is 0 Å². The average molecular weight is 220 g/mol.